The Morgan fingerprint density at radius 3 is 1.37 bits per heavy atom. The number of nitrogens with two attached hydrogens (primary N) is 1. The Labute approximate surface area is 511 Å². The molecule has 16 atom stereocenters. The SMILES string of the molecule is Nc1nc2ncc(CNc3ccc(C(=O)N[C@@H](CCC(=O)C[C@H](C(=O)N[C@@H](CC(=O)O)C(=O)C[C@H](C(=O)NC(CC(=O)O)C(=O)C[C@H](C(=O)N[C@@H](CS)C(=O)O)[C@@H](O)[C@H](O)[C@H](O)CO)[C@@H](O)[C@H](O)[C@H](O)CO)[C@@H](O)[C@H](O)[C@H](O)CO)C(=O)O)cc3)nc2c(=O)[nH]1. The van der Waals surface area contributed by atoms with Crippen LogP contribution in [0, 0.1) is 17.8 Å². The number of nitrogens with one attached hydrogen (secondary N) is 6. The van der Waals surface area contributed by atoms with Gasteiger partial charge in [0.05, 0.1) is 99.2 Å². The van der Waals surface area contributed by atoms with Gasteiger partial charge in [-0.05, 0) is 30.7 Å². The lowest BCUT2D eigenvalue weighted by molar-refractivity contribution is -0.149. The molecule has 0 aliphatic heterocycles. The van der Waals surface area contributed by atoms with E-state index in [1.54, 1.807) is 5.32 Å². The first-order valence-corrected chi connectivity index (χ1v) is 27.4. The minimum absolute atomic E-state index is 0.00128. The topological polar surface area (TPSA) is 669 Å². The molecule has 1 aromatic carbocycles. The van der Waals surface area contributed by atoms with Gasteiger partial charge in [-0.1, -0.05) is 0 Å². The normalized spacial score (nSPS) is 16.9. The molecule has 2 heterocycles. The third kappa shape index (κ3) is 22.3. The maximum atomic E-state index is 14.1. The minimum atomic E-state index is -2.79. The molecule has 0 saturated heterocycles. The van der Waals surface area contributed by atoms with E-state index in [9.17, 15) is 139 Å². The monoisotopic (exact) mass is 1300 g/mol. The fourth-order valence-electron chi connectivity index (χ4n) is 8.55. The zero-order chi connectivity index (χ0) is 68.0. The van der Waals surface area contributed by atoms with Gasteiger partial charge in [0, 0.05) is 42.7 Å². The fourth-order valence-corrected chi connectivity index (χ4v) is 8.79. The molecule has 0 bridgehead atoms. The number of Topliss-reactive ketones (excluding diaryl/α,β-unsaturated/α-hetero) is 3. The summed E-state index contributed by atoms with van der Waals surface area (Å²) in [5, 5.41) is 173. The Hall–Kier alpha value is -8.32. The van der Waals surface area contributed by atoms with Crippen molar-refractivity contribution in [1.29, 1.82) is 0 Å². The molecule has 0 spiro atoms. The van der Waals surface area contributed by atoms with Crippen molar-refractivity contribution in [3.8, 4) is 0 Å². The number of amides is 4. The first kappa shape index (κ1) is 75.9. The van der Waals surface area contributed by atoms with Crippen LogP contribution in [0.15, 0.2) is 35.3 Å². The van der Waals surface area contributed by atoms with E-state index >= 15 is 0 Å². The third-order valence-electron chi connectivity index (χ3n) is 13.7. The summed E-state index contributed by atoms with van der Waals surface area (Å²) in [6, 6.07) is -3.21. The highest BCUT2D eigenvalue weighted by Gasteiger charge is 2.44. The summed E-state index contributed by atoms with van der Waals surface area (Å²) < 4.78 is 0. The maximum absolute atomic E-state index is 14.1. The maximum Gasteiger partial charge on any atom is 0.327 e. The summed E-state index contributed by atoms with van der Waals surface area (Å²) in [4.78, 5) is 171. The van der Waals surface area contributed by atoms with E-state index in [2.05, 4.69) is 43.2 Å². The van der Waals surface area contributed by atoms with Crippen LogP contribution < -0.4 is 37.9 Å². The van der Waals surface area contributed by atoms with Crippen LogP contribution in [0.3, 0.4) is 0 Å². The number of aliphatic hydroxyl groups excluding tert-OH is 12. The van der Waals surface area contributed by atoms with Crippen LogP contribution in [-0.2, 0) is 54.5 Å². The second-order valence-corrected chi connectivity index (χ2v) is 20.7. The fraction of sp³-hybridized carbons (Fsp3) is 0.549. The number of aliphatic hydroxyl groups is 12. The number of thiol groups is 1. The van der Waals surface area contributed by atoms with Crippen LogP contribution in [-0.4, -0.2) is 271 Å². The van der Waals surface area contributed by atoms with Crippen LogP contribution >= 0.6 is 12.6 Å². The van der Waals surface area contributed by atoms with Gasteiger partial charge in [-0.3, -0.25) is 52.9 Å². The number of benzene rings is 1. The molecular weight excluding hydrogens is 1230 g/mol. The number of nitrogens with zero attached hydrogens (tertiary/aromatic N) is 3. The highest BCUT2D eigenvalue weighted by atomic mass is 32.1. The number of hydrogen-bond donors (Lipinski definition) is 24. The highest BCUT2D eigenvalue weighted by Crippen LogP contribution is 2.24. The molecule has 4 amide bonds. The largest absolute Gasteiger partial charge is 0.481 e. The summed E-state index contributed by atoms with van der Waals surface area (Å²) in [5.74, 6) is -25.8. The van der Waals surface area contributed by atoms with E-state index < -0.39 is 238 Å². The second-order valence-electron chi connectivity index (χ2n) is 20.3. The zero-order valence-electron chi connectivity index (χ0n) is 47.0. The number of aromatic amines is 1. The summed E-state index contributed by atoms with van der Waals surface area (Å²) in [6.07, 6.45) is -30.0. The zero-order valence-corrected chi connectivity index (χ0v) is 47.9. The molecule has 0 aliphatic rings. The van der Waals surface area contributed by atoms with Crippen molar-refractivity contribution in [1.82, 2.24) is 41.2 Å². The quantitative estimate of drug-likeness (QED) is 0.0235. The standard InChI is InChI=1S/C51H70N10O28S/c52-51-60-43-36(48(85)61-51)55-20(13-54-43)12-53-19-3-1-18(2-4-19)44(81)56-25(49(86)87)6-5-21(65)7-22(37(75)40(78)31(68)14-62)45(82)57-26(10-34(71)72)29(66)8-23(38(76)41(79)32(69)15-63)46(83)58-27(11-35(73)74)30(67)9-24(39(77)42(80)33(70)16-64)47(84)59-28(17-90)50(88)89/h1-4,13,22-28,31-33,37-42,53,62-64,68-70,75-80,90H,5-12,14-17H2,(H,56,81)(H,57,82)(H,58,83)(H,59,84)(H,71,72)(H,73,74)(H,86,87)(H,88,89)(H3,52,54,60,61,85)/t22-,23-,24-,25-,26-,27?,28-,31+,32+,33+,37+,38+,39+,40+,41+,42+/m0/s1. The molecule has 0 saturated carbocycles. The van der Waals surface area contributed by atoms with Gasteiger partial charge < -0.3 is 114 Å². The van der Waals surface area contributed by atoms with E-state index in [1.165, 1.54) is 30.5 Å². The number of aromatic nitrogens is 4. The number of hydrogen-bond acceptors (Lipinski definition) is 30. The van der Waals surface area contributed by atoms with Gasteiger partial charge in [0.25, 0.3) is 11.5 Å². The van der Waals surface area contributed by atoms with Crippen LogP contribution in [0.4, 0.5) is 11.6 Å². The average Bonchev–Trinajstić information content (AvgIpc) is 1.05. The van der Waals surface area contributed by atoms with E-state index in [1.807, 2.05) is 10.6 Å². The molecule has 3 rings (SSSR count). The first-order chi connectivity index (χ1) is 42.2. The van der Waals surface area contributed by atoms with Gasteiger partial charge in [-0.2, -0.15) is 17.6 Å². The molecule has 3 aromatic rings. The molecule has 498 valence electrons. The second kappa shape index (κ2) is 35.8. The Kier molecular flexibility index (Phi) is 30.2. The average molecular weight is 1300 g/mol. The number of anilines is 2. The molecule has 0 fully saturated rings. The van der Waals surface area contributed by atoms with Gasteiger partial charge in [-0.25, -0.2) is 19.6 Å². The molecule has 90 heavy (non-hydrogen) atoms. The van der Waals surface area contributed by atoms with E-state index in [0.717, 1.165) is 0 Å². The lowest BCUT2D eigenvalue weighted by atomic mass is 9.85. The van der Waals surface area contributed by atoms with Gasteiger partial charge in [0.1, 0.15) is 54.5 Å². The van der Waals surface area contributed by atoms with E-state index in [-0.39, 0.29) is 29.2 Å². The number of carboxylic acids is 4. The molecule has 0 radical (unpaired) electrons. The molecular formula is C51H70N10O28S. The summed E-state index contributed by atoms with van der Waals surface area (Å²) in [7, 11) is 0. The van der Waals surface area contributed by atoms with E-state index in [4.69, 9.17) is 5.73 Å². The Balaban J connectivity index is 1.91. The van der Waals surface area contributed by atoms with Crippen molar-refractivity contribution in [2.24, 2.45) is 17.8 Å². The first-order valence-electron chi connectivity index (χ1n) is 26.8. The van der Waals surface area contributed by atoms with Gasteiger partial charge in [0.15, 0.2) is 22.7 Å². The molecule has 38 nitrogen and oxygen atoms in total. The molecule has 1 unspecified atom stereocenters. The number of ketones is 3. The number of nitrogen functional groups attached to an aromatic ring is 1. The van der Waals surface area contributed by atoms with Crippen LogP contribution in [0.2, 0.25) is 0 Å². The number of H-pyrrole nitrogens is 1. The number of carboxylic acid groups (broad SMARTS) is 4. The van der Waals surface area contributed by atoms with Crippen molar-refractivity contribution < 1.29 is 134 Å². The molecule has 39 heteroatoms. The van der Waals surface area contributed by atoms with E-state index in [0.29, 0.717) is 11.4 Å². The lowest BCUT2D eigenvalue weighted by Crippen LogP contribution is -2.55. The Bertz CT molecular complexity index is 3090. The van der Waals surface area contributed by atoms with Crippen molar-refractivity contribution in [3.05, 3.63) is 52.1 Å². The molecule has 0 aliphatic carbocycles. The molecule has 24 N–H and O–H groups in total. The van der Waals surface area contributed by atoms with Gasteiger partial charge >= 0.3 is 23.9 Å². The molecule has 2 aromatic heterocycles. The predicted octanol–water partition coefficient (Wildman–Crippen LogP) is -9.76. The van der Waals surface area contributed by atoms with Gasteiger partial charge in [-0.15, -0.1) is 0 Å². The summed E-state index contributed by atoms with van der Waals surface area (Å²) in [6.45, 7) is -3.90. The van der Waals surface area contributed by atoms with Crippen molar-refractivity contribution >= 4 is 100 Å². The summed E-state index contributed by atoms with van der Waals surface area (Å²) >= 11 is 3.77. The third-order valence-corrected chi connectivity index (χ3v) is 14.1. The minimum Gasteiger partial charge on any atom is -0.481 e. The van der Waals surface area contributed by atoms with Gasteiger partial charge in [0.2, 0.25) is 23.7 Å². The number of rotatable bonds is 41. The Morgan fingerprint density at radius 1 is 0.544 bits per heavy atom. The number of carbonyl (C=O) groups is 11. The highest BCUT2D eigenvalue weighted by molar-refractivity contribution is 7.80. The van der Waals surface area contributed by atoms with Crippen molar-refractivity contribution in [3.63, 3.8) is 0 Å². The number of fused-ring (bicyclic) bond motifs is 1. The summed E-state index contributed by atoms with van der Waals surface area (Å²) in [5.41, 5.74) is 5.42. The van der Waals surface area contributed by atoms with Crippen molar-refractivity contribution in [2.75, 3.05) is 36.6 Å². The number of aliphatic carboxylic acids is 4. The predicted molar refractivity (Wildman–Crippen MR) is 301 cm³/mol. The van der Waals surface area contributed by atoms with Crippen LogP contribution in [0.25, 0.3) is 11.2 Å². The van der Waals surface area contributed by atoms with Crippen LogP contribution in [0.5, 0.6) is 0 Å². The lowest BCUT2D eigenvalue weighted by Gasteiger charge is -2.31. The van der Waals surface area contributed by atoms with Crippen LogP contribution in [0.1, 0.15) is 61.0 Å². The Morgan fingerprint density at radius 2 is 0.967 bits per heavy atom. The smallest absolute Gasteiger partial charge is 0.327 e. The van der Waals surface area contributed by atoms with Crippen molar-refractivity contribution in [2.45, 2.75) is 131 Å². The number of carbonyl (C=O) groups excluding carboxylic acids is 7.